The molecule has 1 rings (SSSR count). The van der Waals surface area contributed by atoms with Crippen molar-refractivity contribution in [3.8, 4) is 0 Å². The van der Waals surface area contributed by atoms with E-state index in [-0.39, 0.29) is 12.5 Å². The summed E-state index contributed by atoms with van der Waals surface area (Å²) < 4.78 is 48.0. The molecule has 0 aromatic rings. The number of amides is 1. The van der Waals surface area contributed by atoms with E-state index < -0.39 is 59.9 Å². The van der Waals surface area contributed by atoms with Crippen molar-refractivity contribution in [2.24, 2.45) is 0 Å². The van der Waals surface area contributed by atoms with Crippen molar-refractivity contribution < 1.29 is 51.8 Å². The average Bonchev–Trinajstić information content (AvgIpc) is 3.39. The van der Waals surface area contributed by atoms with Crippen LogP contribution in [0.2, 0.25) is 0 Å². The Morgan fingerprint density at radius 2 is 0.773 bits per heavy atom. The molecule has 0 aromatic carbocycles. The molecule has 6 N–H and O–H groups in total. The number of rotatable bonds is 58. The van der Waals surface area contributed by atoms with Crippen molar-refractivity contribution >= 4 is 16.3 Å². The topological polar surface area (TPSA) is 192 Å². The van der Waals surface area contributed by atoms with Crippen LogP contribution in [0.15, 0.2) is 0 Å². The van der Waals surface area contributed by atoms with Crippen molar-refractivity contribution in [1.29, 1.82) is 0 Å². The second kappa shape index (κ2) is 52.5. The molecule has 1 aliphatic heterocycles. The van der Waals surface area contributed by atoms with Crippen LogP contribution in [0.5, 0.6) is 0 Å². The lowest BCUT2D eigenvalue weighted by molar-refractivity contribution is -0.298. The van der Waals surface area contributed by atoms with Crippen LogP contribution in [0.1, 0.15) is 335 Å². The number of carbonyl (C=O) groups is 1. The lowest BCUT2D eigenvalue weighted by Gasteiger charge is -2.41. The minimum absolute atomic E-state index is 0.220. The molecule has 1 aliphatic rings. The Hall–Kier alpha value is -0.900. The number of carbonyl (C=O) groups excluding carboxylic acids is 1. The van der Waals surface area contributed by atoms with Gasteiger partial charge < -0.3 is 35.2 Å². The first-order chi connectivity index (χ1) is 36.5. The quantitative estimate of drug-likeness (QED) is 0.0251. The van der Waals surface area contributed by atoms with Crippen molar-refractivity contribution in [1.82, 2.24) is 5.32 Å². The SMILES string of the molecule is CCCCCCCCCCCCCCCCCCCCCCCCCCCCCC(=O)NC(COC1OC(CO)C(O)C(OS(=O)(=O)O)C1O)C(O)CCCCCCCCCCCCCCCCCCCCCCC. The molecule has 7 unspecified atom stereocenters. The van der Waals surface area contributed by atoms with Crippen LogP contribution < -0.4 is 5.32 Å². The molecular weight excluding hydrogens is 967 g/mol. The summed E-state index contributed by atoms with van der Waals surface area (Å²) in [5.74, 6) is -0.220. The third-order valence-corrected chi connectivity index (χ3v) is 16.4. The van der Waals surface area contributed by atoms with Gasteiger partial charge in [0.1, 0.15) is 24.4 Å². The smallest absolute Gasteiger partial charge is 0.394 e. The maximum Gasteiger partial charge on any atom is 0.397 e. The normalized spacial score (nSPS) is 18.9. The molecular formula is C62H123NO11S. The van der Waals surface area contributed by atoms with Gasteiger partial charge in [-0.3, -0.25) is 9.35 Å². The minimum Gasteiger partial charge on any atom is -0.394 e. The zero-order valence-electron chi connectivity index (χ0n) is 48.9. The number of nitrogens with one attached hydrogen (secondary N) is 1. The van der Waals surface area contributed by atoms with Gasteiger partial charge in [0.05, 0.1) is 25.4 Å². The Morgan fingerprint density at radius 1 is 0.480 bits per heavy atom. The number of ether oxygens (including phenoxy) is 2. The second-order valence-electron chi connectivity index (χ2n) is 23.1. The van der Waals surface area contributed by atoms with E-state index in [4.69, 9.17) is 9.47 Å². The average molecular weight is 1090 g/mol. The highest BCUT2D eigenvalue weighted by Crippen LogP contribution is 2.27. The van der Waals surface area contributed by atoms with E-state index in [9.17, 15) is 38.2 Å². The summed E-state index contributed by atoms with van der Waals surface area (Å²) in [6, 6.07) is -0.854. The predicted molar refractivity (Wildman–Crippen MR) is 310 cm³/mol. The molecule has 448 valence electrons. The van der Waals surface area contributed by atoms with Gasteiger partial charge in [-0.05, 0) is 12.8 Å². The van der Waals surface area contributed by atoms with Gasteiger partial charge in [-0.2, -0.15) is 8.42 Å². The summed E-state index contributed by atoms with van der Waals surface area (Å²) in [5, 5.41) is 45.2. The van der Waals surface area contributed by atoms with Gasteiger partial charge in [-0.1, -0.05) is 316 Å². The number of hydrogen-bond donors (Lipinski definition) is 6. The summed E-state index contributed by atoms with van der Waals surface area (Å²) in [7, 11) is -5.08. The predicted octanol–water partition coefficient (Wildman–Crippen LogP) is 16.0. The van der Waals surface area contributed by atoms with Crippen molar-refractivity contribution in [3.63, 3.8) is 0 Å². The number of aliphatic hydroxyl groups excluding tert-OH is 4. The molecule has 0 aliphatic carbocycles. The molecule has 13 heteroatoms. The van der Waals surface area contributed by atoms with Crippen LogP contribution in [0, 0.1) is 0 Å². The third-order valence-electron chi connectivity index (χ3n) is 15.9. The fraction of sp³-hybridized carbons (Fsp3) is 0.984. The van der Waals surface area contributed by atoms with Crippen LogP contribution in [0.25, 0.3) is 0 Å². The molecule has 12 nitrogen and oxygen atoms in total. The Kier molecular flexibility index (Phi) is 50.5. The van der Waals surface area contributed by atoms with Gasteiger partial charge in [0.25, 0.3) is 0 Å². The summed E-state index contributed by atoms with van der Waals surface area (Å²) >= 11 is 0. The first-order valence-corrected chi connectivity index (χ1v) is 33.8. The Balaban J connectivity index is 2.27. The molecule has 1 fully saturated rings. The van der Waals surface area contributed by atoms with Gasteiger partial charge in [0.15, 0.2) is 6.29 Å². The molecule has 0 radical (unpaired) electrons. The van der Waals surface area contributed by atoms with E-state index in [1.54, 1.807) is 0 Å². The Labute approximate surface area is 462 Å². The summed E-state index contributed by atoms with van der Waals surface area (Å²) in [5.41, 5.74) is 0. The lowest BCUT2D eigenvalue weighted by atomic mass is 9.99. The second-order valence-corrected chi connectivity index (χ2v) is 24.1. The highest BCUT2D eigenvalue weighted by atomic mass is 32.3. The minimum atomic E-state index is -5.08. The van der Waals surface area contributed by atoms with E-state index >= 15 is 0 Å². The van der Waals surface area contributed by atoms with Crippen molar-refractivity contribution in [3.05, 3.63) is 0 Å². The van der Waals surface area contributed by atoms with E-state index in [0.29, 0.717) is 12.8 Å². The maximum absolute atomic E-state index is 13.2. The fourth-order valence-electron chi connectivity index (χ4n) is 10.9. The van der Waals surface area contributed by atoms with Gasteiger partial charge in [-0.15, -0.1) is 0 Å². The van der Waals surface area contributed by atoms with Gasteiger partial charge >= 0.3 is 10.4 Å². The molecule has 0 saturated carbocycles. The van der Waals surface area contributed by atoms with Gasteiger partial charge in [0, 0.05) is 6.42 Å². The van der Waals surface area contributed by atoms with Crippen LogP contribution in [0.4, 0.5) is 0 Å². The Morgan fingerprint density at radius 3 is 1.07 bits per heavy atom. The first kappa shape index (κ1) is 72.1. The third kappa shape index (κ3) is 44.5. The zero-order chi connectivity index (χ0) is 54.7. The van der Waals surface area contributed by atoms with Crippen LogP contribution in [0.3, 0.4) is 0 Å². The molecule has 1 amide bonds. The maximum atomic E-state index is 13.2. The molecule has 0 spiro atoms. The van der Waals surface area contributed by atoms with E-state index in [2.05, 4.69) is 23.3 Å². The standard InChI is InChI=1S/C62H123NO11S/c1-3-5-7-9-11-13-15-17-19-21-23-25-26-27-28-29-30-32-34-36-38-40-42-44-46-48-50-52-58(66)63-55(54-72-62-60(68)61(74-75(69,70)71)59(67)57(53-64)73-62)56(65)51-49-47-45-43-41-39-37-35-33-31-24-22-20-18-16-14-12-10-8-6-4-2/h55-57,59-62,64-65,67-68H,3-54H2,1-2H3,(H,63,66)(H,69,70,71). The summed E-state index contributed by atoms with van der Waals surface area (Å²) in [6.45, 7) is 3.52. The van der Waals surface area contributed by atoms with Crippen LogP contribution in [-0.4, -0.2) is 95.4 Å². The van der Waals surface area contributed by atoms with E-state index in [1.165, 1.54) is 257 Å². The summed E-state index contributed by atoms with van der Waals surface area (Å²) in [4.78, 5) is 13.2. The highest BCUT2D eigenvalue weighted by molar-refractivity contribution is 7.80. The monoisotopic (exact) mass is 1090 g/mol. The molecule has 1 saturated heterocycles. The van der Waals surface area contributed by atoms with Gasteiger partial charge in [0.2, 0.25) is 5.91 Å². The summed E-state index contributed by atoms with van der Waals surface area (Å²) in [6.07, 6.45) is 54.1. The van der Waals surface area contributed by atoms with Crippen molar-refractivity contribution in [2.75, 3.05) is 13.2 Å². The number of hydrogen-bond acceptors (Lipinski definition) is 10. The zero-order valence-corrected chi connectivity index (χ0v) is 49.7. The van der Waals surface area contributed by atoms with E-state index in [1.807, 2.05) is 0 Å². The number of unbranched alkanes of at least 4 members (excludes halogenated alkanes) is 46. The van der Waals surface area contributed by atoms with E-state index in [0.717, 1.165) is 51.4 Å². The highest BCUT2D eigenvalue weighted by Gasteiger charge is 2.48. The fourth-order valence-corrected chi connectivity index (χ4v) is 11.4. The first-order valence-electron chi connectivity index (χ1n) is 32.4. The molecule has 0 bridgehead atoms. The molecule has 1 heterocycles. The number of aliphatic hydroxyl groups is 4. The molecule has 75 heavy (non-hydrogen) atoms. The molecule has 7 atom stereocenters. The van der Waals surface area contributed by atoms with Crippen LogP contribution in [-0.2, 0) is 28.9 Å². The van der Waals surface area contributed by atoms with Crippen LogP contribution >= 0.6 is 0 Å². The lowest BCUT2D eigenvalue weighted by Crippen LogP contribution is -2.61. The Bertz CT molecular complexity index is 1330. The largest absolute Gasteiger partial charge is 0.397 e. The van der Waals surface area contributed by atoms with Crippen molar-refractivity contribution in [2.45, 2.75) is 378 Å². The molecule has 0 aromatic heterocycles. The van der Waals surface area contributed by atoms with Gasteiger partial charge in [-0.25, -0.2) is 4.18 Å².